The molecule has 0 saturated heterocycles. The summed E-state index contributed by atoms with van der Waals surface area (Å²) in [5, 5.41) is 5.77. The molecule has 1 unspecified atom stereocenters. The molecule has 8 rings (SSSR count). The number of hydrogen-bond donors (Lipinski definition) is 7. The molecule has 2 aromatic heterocycles. The summed E-state index contributed by atoms with van der Waals surface area (Å²) in [4.78, 5) is 129. The molecule has 10 N–H and O–H groups in total. The molecule has 5 heterocycles. The van der Waals surface area contributed by atoms with Gasteiger partial charge in [-0.1, -0.05) is 18.2 Å². The number of rotatable bonds is 41. The predicted molar refractivity (Wildman–Crippen MR) is 352 cm³/mol. The zero-order chi connectivity index (χ0) is 68.2. The highest BCUT2D eigenvalue weighted by atomic mass is 32.1. The Balaban J connectivity index is 1.03. The molecule has 0 spiro atoms. The number of ether oxygens (including phenoxy) is 6. The molecule has 8 amide bonds. The second-order valence-electron chi connectivity index (χ2n) is 23.1. The van der Waals surface area contributed by atoms with E-state index in [0.717, 1.165) is 5.56 Å². The number of carbonyl (C=O) groups excluding carboxylic acids is 8. The van der Waals surface area contributed by atoms with Gasteiger partial charge in [0.1, 0.15) is 31.9 Å². The maximum Gasteiger partial charge on any atom is 0.406 e. The minimum atomic E-state index is -0.808. The molecule has 96 heavy (non-hydrogen) atoms. The van der Waals surface area contributed by atoms with E-state index in [1.807, 2.05) is 12.1 Å². The summed E-state index contributed by atoms with van der Waals surface area (Å²) in [5.74, 6) is -1.15. The highest BCUT2D eigenvalue weighted by Crippen LogP contribution is 2.35. The number of carbonyl (C=O) groups is 8. The first-order chi connectivity index (χ1) is 46.6. The molecule has 30 nitrogen and oxygen atoms in total. The summed E-state index contributed by atoms with van der Waals surface area (Å²) in [6, 6.07) is 19.0. The highest BCUT2D eigenvalue weighted by molar-refractivity contribution is 7.80. The van der Waals surface area contributed by atoms with Crippen LogP contribution in [0.2, 0.25) is 0 Å². The summed E-state index contributed by atoms with van der Waals surface area (Å²) in [7, 11) is 0. The molecule has 0 aliphatic carbocycles. The van der Waals surface area contributed by atoms with Gasteiger partial charge in [-0.3, -0.25) is 33.6 Å². The number of fused-ring (bicyclic) bond motifs is 3. The molecule has 0 fully saturated rings. The van der Waals surface area contributed by atoms with Gasteiger partial charge in [0.25, 0.3) is 5.91 Å². The summed E-state index contributed by atoms with van der Waals surface area (Å²) >= 11 is 4.16. The molecule has 3 aliphatic heterocycles. The lowest BCUT2D eigenvalue weighted by Gasteiger charge is -2.30. The number of hydrogen-bond acceptors (Lipinski definition) is 22. The van der Waals surface area contributed by atoms with Gasteiger partial charge in [0.05, 0.1) is 44.9 Å². The third kappa shape index (κ3) is 22.4. The number of thiol groups is 1. The highest BCUT2D eigenvalue weighted by Gasteiger charge is 2.34. The zero-order valence-electron chi connectivity index (χ0n) is 53.9. The molecule has 0 bridgehead atoms. The largest absolute Gasteiger partial charge is 0.467 e. The SMILES string of the molecule is NCCCCN(CC(=O)N(CC(=O)N(CCCCN)CC(=O)[N+](=CCCn1ccnc1)CC(=O)N(CCCCN)CC(=O)N(CC(=O)N(CC(=O)NC(N)CS)Cc1ccco1)Cc1ccc2c(c1)OCO2)Cc1ccc2c(c1)OCO2)C(=O)CNCc1ccc2c(c1)OCO2. The van der Waals surface area contributed by atoms with Gasteiger partial charge in [0.2, 0.25) is 62.4 Å². The second kappa shape index (κ2) is 37.7. The molecule has 0 saturated carbocycles. The lowest BCUT2D eigenvalue weighted by molar-refractivity contribution is -0.436. The van der Waals surface area contributed by atoms with Crippen LogP contribution in [0.3, 0.4) is 0 Å². The topological polar surface area (TPSA) is 373 Å². The van der Waals surface area contributed by atoms with E-state index in [4.69, 9.17) is 55.8 Å². The molecule has 31 heteroatoms. The van der Waals surface area contributed by atoms with Crippen LogP contribution in [0.4, 0.5) is 0 Å². The molecule has 5 aromatic rings. The number of nitrogens with two attached hydrogens (primary N) is 4. The maximum absolute atomic E-state index is 15.1. The van der Waals surface area contributed by atoms with Crippen molar-refractivity contribution in [3.63, 3.8) is 0 Å². The number of furan rings is 1. The second-order valence-corrected chi connectivity index (χ2v) is 23.4. The van der Waals surface area contributed by atoms with Crippen molar-refractivity contribution < 1.29 is 75.8 Å². The summed E-state index contributed by atoms with van der Waals surface area (Å²) in [6.45, 7) is -2.21. The Morgan fingerprint density at radius 1 is 0.573 bits per heavy atom. The van der Waals surface area contributed by atoms with Crippen molar-refractivity contribution in [3.8, 4) is 34.5 Å². The van der Waals surface area contributed by atoms with Gasteiger partial charge in [0, 0.05) is 70.4 Å². The van der Waals surface area contributed by atoms with Crippen molar-refractivity contribution in [2.45, 2.75) is 83.8 Å². The molecule has 0 radical (unpaired) electrons. The van der Waals surface area contributed by atoms with E-state index in [0.29, 0.717) is 110 Å². The number of nitrogens with one attached hydrogen (secondary N) is 2. The molecule has 1 atom stereocenters. The van der Waals surface area contributed by atoms with Gasteiger partial charge >= 0.3 is 5.91 Å². The van der Waals surface area contributed by atoms with Crippen LogP contribution < -0.4 is 62.0 Å². The van der Waals surface area contributed by atoms with Gasteiger partial charge in [-0.2, -0.15) is 17.2 Å². The van der Waals surface area contributed by atoms with Crippen LogP contribution in [0.5, 0.6) is 34.5 Å². The third-order valence-electron chi connectivity index (χ3n) is 15.8. The number of amides is 8. The van der Waals surface area contributed by atoms with Crippen molar-refractivity contribution in [3.05, 3.63) is 114 Å². The van der Waals surface area contributed by atoms with E-state index in [1.165, 1.54) is 40.2 Å². The van der Waals surface area contributed by atoms with E-state index in [-0.39, 0.29) is 97.4 Å². The monoisotopic (exact) mass is 1350 g/mol. The number of nitrogens with zero attached hydrogens (tertiary/aromatic N) is 9. The van der Waals surface area contributed by atoms with Crippen molar-refractivity contribution in [1.29, 1.82) is 0 Å². The zero-order valence-corrected chi connectivity index (χ0v) is 54.8. The molecular formula is C65H88N15O15S+. The van der Waals surface area contributed by atoms with Crippen molar-refractivity contribution in [2.75, 3.05) is 118 Å². The lowest BCUT2D eigenvalue weighted by Crippen LogP contribution is -2.51. The Kier molecular flexibility index (Phi) is 28.5. The molecule has 3 aliphatic rings. The Morgan fingerprint density at radius 3 is 1.55 bits per heavy atom. The van der Waals surface area contributed by atoms with Crippen molar-refractivity contribution in [2.24, 2.45) is 22.9 Å². The van der Waals surface area contributed by atoms with Crippen LogP contribution in [0.25, 0.3) is 0 Å². The van der Waals surface area contributed by atoms with Crippen LogP contribution in [0, 0.1) is 0 Å². The normalized spacial score (nSPS) is 12.9. The first kappa shape index (κ1) is 72.6. The first-order valence-electron chi connectivity index (χ1n) is 32.0. The van der Waals surface area contributed by atoms with Crippen LogP contribution in [-0.4, -0.2) is 221 Å². The van der Waals surface area contributed by atoms with Crippen LogP contribution in [0.15, 0.2) is 96.1 Å². The fourth-order valence-corrected chi connectivity index (χ4v) is 10.7. The van der Waals surface area contributed by atoms with Gasteiger partial charge in [0.15, 0.2) is 40.7 Å². The first-order valence-corrected chi connectivity index (χ1v) is 32.6. The minimum absolute atomic E-state index is 0.00269. The fourth-order valence-electron chi connectivity index (χ4n) is 10.6. The lowest BCUT2D eigenvalue weighted by atomic mass is 10.1. The van der Waals surface area contributed by atoms with Gasteiger partial charge in [-0.25, -0.2) is 9.78 Å². The van der Waals surface area contributed by atoms with Crippen LogP contribution >= 0.6 is 12.6 Å². The van der Waals surface area contributed by atoms with E-state index < -0.39 is 93.3 Å². The third-order valence-corrected chi connectivity index (χ3v) is 16.2. The number of imidazole rings is 1. The summed E-state index contributed by atoms with van der Waals surface area (Å²) in [5.41, 5.74) is 25.7. The number of aryl methyl sites for hydroxylation is 1. The molecule has 518 valence electrons. The Labute approximate surface area is 562 Å². The van der Waals surface area contributed by atoms with Gasteiger partial charge < -0.3 is 100 Å². The smallest absolute Gasteiger partial charge is 0.406 e. The van der Waals surface area contributed by atoms with Crippen LogP contribution in [-0.2, 0) is 71.1 Å². The maximum atomic E-state index is 15.1. The average Bonchev–Trinajstić information content (AvgIpc) is 2.42. The van der Waals surface area contributed by atoms with Crippen molar-refractivity contribution in [1.82, 2.24) is 49.6 Å². The quantitative estimate of drug-likeness (QED) is 0.00925. The van der Waals surface area contributed by atoms with E-state index >= 15 is 14.4 Å². The van der Waals surface area contributed by atoms with Crippen LogP contribution in [0.1, 0.15) is 67.4 Å². The van der Waals surface area contributed by atoms with E-state index in [2.05, 4.69) is 28.2 Å². The van der Waals surface area contributed by atoms with Gasteiger partial charge in [-0.15, -0.1) is 0 Å². The number of benzene rings is 3. The molecule has 3 aromatic carbocycles. The van der Waals surface area contributed by atoms with Gasteiger partial charge in [-0.05, 0) is 123 Å². The average molecular weight is 1350 g/mol. The van der Waals surface area contributed by atoms with E-state index in [9.17, 15) is 24.0 Å². The standard InChI is InChI=1S/C65H87N15O15S/c66-16-1-4-21-74(59(82)31-71-30-47-10-13-51-54(27-47)93-44-90-51)38-63(86)78(32-48-11-14-52-55(28-48)94-45-91-52)40-62(85)75(22-5-2-17-67)36-61(84)77(24-8-20-73-25-19-70-43-73)37-60(83)76(23-6-3-18-68)39-64(87)79(33-49-12-15-53-56(29-49)95-46-92-53)41-65(88)80(34-50-9-7-26-89-50)35-58(81)72-57(69)42-96/h7,9-15,19,24-29,43,57,71H,1-6,8,16-18,20-23,30-42,44-46,66-69H2,(H-,72,81,96)/p+1. The minimum Gasteiger partial charge on any atom is -0.467 e. The fraction of sp³-hybridized carbons (Fsp3) is 0.477. The predicted octanol–water partition coefficient (Wildman–Crippen LogP) is 0.572. The number of unbranched alkanes of at least 4 members (excludes halogenated alkanes) is 3. The van der Waals surface area contributed by atoms with E-state index in [1.54, 1.807) is 84.1 Å². The van der Waals surface area contributed by atoms with Crippen molar-refractivity contribution >= 4 is 66.1 Å². The Hall–Kier alpha value is -9.27. The summed E-state index contributed by atoms with van der Waals surface area (Å²) in [6.07, 6.45) is 10.1. The summed E-state index contributed by atoms with van der Waals surface area (Å²) < 4.78 is 41.9. The Morgan fingerprint density at radius 2 is 1.05 bits per heavy atom. The number of aromatic nitrogens is 2. The Bertz CT molecular complexity index is 3430. The molecular weight excluding hydrogens is 1260 g/mol.